The minimum Gasteiger partial charge on any atom is -0.396 e. The molecule has 0 amide bonds. The standard InChI is InChI=1S/C26H29N5O/c32-17-7-16-30-18-20(21-8-1-2-10-23(21)30)19-31-15-6-11-24(31)22-9-5-13-26(28-22)29-25-12-3-4-14-27-25/h1-5,8-10,12-14,18,24,32H,6-7,11,15-17,19H2,(H,27,28,29)/t24-/m1/s1. The van der Waals surface area contributed by atoms with Gasteiger partial charge in [-0.15, -0.1) is 0 Å². The van der Waals surface area contributed by atoms with Crippen LogP contribution >= 0.6 is 0 Å². The van der Waals surface area contributed by atoms with Gasteiger partial charge in [0.1, 0.15) is 11.6 Å². The van der Waals surface area contributed by atoms with Gasteiger partial charge in [-0.25, -0.2) is 9.97 Å². The van der Waals surface area contributed by atoms with Crippen molar-refractivity contribution in [1.29, 1.82) is 0 Å². The maximum Gasteiger partial charge on any atom is 0.131 e. The molecule has 0 bridgehead atoms. The number of hydrogen-bond donors (Lipinski definition) is 2. The third-order valence-corrected chi connectivity index (χ3v) is 6.20. The Bertz CT molecular complexity index is 1170. The molecule has 164 valence electrons. The number of aryl methyl sites for hydroxylation is 1. The average molecular weight is 428 g/mol. The second kappa shape index (κ2) is 9.51. The SMILES string of the molecule is OCCCn1cc(CN2CCC[C@@H]2c2cccc(Nc3ccccn3)n2)c2ccccc21. The largest absolute Gasteiger partial charge is 0.396 e. The van der Waals surface area contributed by atoms with E-state index >= 15 is 0 Å². The number of rotatable bonds is 8. The van der Waals surface area contributed by atoms with Crippen LogP contribution in [0.25, 0.3) is 10.9 Å². The molecule has 1 aliphatic rings. The van der Waals surface area contributed by atoms with E-state index < -0.39 is 0 Å². The van der Waals surface area contributed by atoms with Gasteiger partial charge in [0.2, 0.25) is 0 Å². The monoisotopic (exact) mass is 427 g/mol. The van der Waals surface area contributed by atoms with Crippen molar-refractivity contribution in [3.05, 3.63) is 84.3 Å². The molecule has 1 atom stereocenters. The zero-order valence-electron chi connectivity index (χ0n) is 18.2. The van der Waals surface area contributed by atoms with Crippen LogP contribution < -0.4 is 5.32 Å². The highest BCUT2D eigenvalue weighted by atomic mass is 16.3. The quantitative estimate of drug-likeness (QED) is 0.419. The minimum absolute atomic E-state index is 0.213. The third kappa shape index (κ3) is 4.38. The molecule has 32 heavy (non-hydrogen) atoms. The third-order valence-electron chi connectivity index (χ3n) is 6.20. The van der Waals surface area contributed by atoms with E-state index in [0.717, 1.165) is 49.8 Å². The van der Waals surface area contributed by atoms with E-state index in [4.69, 9.17) is 4.98 Å². The summed E-state index contributed by atoms with van der Waals surface area (Å²) in [5.41, 5.74) is 3.69. The molecule has 0 aliphatic carbocycles. The molecule has 1 aliphatic heterocycles. The molecule has 2 N–H and O–H groups in total. The number of aliphatic hydroxyl groups excluding tert-OH is 1. The predicted molar refractivity (Wildman–Crippen MR) is 128 cm³/mol. The molecule has 5 rings (SSSR count). The Hall–Kier alpha value is -3.22. The van der Waals surface area contributed by atoms with Crippen LogP contribution in [0.4, 0.5) is 11.6 Å². The zero-order valence-corrected chi connectivity index (χ0v) is 18.2. The molecule has 4 aromatic rings. The molecular weight excluding hydrogens is 398 g/mol. The van der Waals surface area contributed by atoms with Gasteiger partial charge in [-0.1, -0.05) is 30.3 Å². The second-order valence-corrected chi connectivity index (χ2v) is 8.36. The van der Waals surface area contributed by atoms with Crippen molar-refractivity contribution in [2.45, 2.75) is 38.4 Å². The first-order valence-corrected chi connectivity index (χ1v) is 11.4. The number of para-hydroxylation sites is 1. The van der Waals surface area contributed by atoms with Crippen molar-refractivity contribution in [3.63, 3.8) is 0 Å². The molecule has 1 fully saturated rings. The highest BCUT2D eigenvalue weighted by Gasteiger charge is 2.28. The fraction of sp³-hybridized carbons (Fsp3) is 0.308. The molecule has 0 spiro atoms. The minimum atomic E-state index is 0.213. The predicted octanol–water partition coefficient (Wildman–Crippen LogP) is 4.89. The lowest BCUT2D eigenvalue weighted by molar-refractivity contribution is 0.245. The number of aromatic nitrogens is 3. The van der Waals surface area contributed by atoms with Gasteiger partial charge in [0.25, 0.3) is 0 Å². The molecule has 4 heterocycles. The lowest BCUT2D eigenvalue weighted by atomic mass is 10.1. The van der Waals surface area contributed by atoms with E-state index in [1.165, 1.54) is 22.9 Å². The van der Waals surface area contributed by atoms with Gasteiger partial charge in [-0.05, 0) is 61.7 Å². The molecule has 3 aromatic heterocycles. The summed E-state index contributed by atoms with van der Waals surface area (Å²) in [5, 5.41) is 13.9. The Balaban J connectivity index is 1.37. The van der Waals surface area contributed by atoms with E-state index in [-0.39, 0.29) is 6.61 Å². The van der Waals surface area contributed by atoms with Crippen LogP contribution in [0.2, 0.25) is 0 Å². The number of nitrogens with one attached hydrogen (secondary N) is 1. The summed E-state index contributed by atoms with van der Waals surface area (Å²) >= 11 is 0. The molecule has 0 unspecified atom stereocenters. The summed E-state index contributed by atoms with van der Waals surface area (Å²) in [6, 6.07) is 20.9. The van der Waals surface area contributed by atoms with Crippen LogP contribution in [-0.4, -0.2) is 37.7 Å². The molecule has 1 saturated heterocycles. The average Bonchev–Trinajstić information content (AvgIpc) is 3.44. The first-order chi connectivity index (χ1) is 15.8. The number of hydrogen-bond acceptors (Lipinski definition) is 5. The maximum absolute atomic E-state index is 9.27. The normalized spacial score (nSPS) is 16.6. The summed E-state index contributed by atoms with van der Waals surface area (Å²) < 4.78 is 2.28. The van der Waals surface area contributed by atoms with Crippen LogP contribution in [0.3, 0.4) is 0 Å². The molecule has 0 radical (unpaired) electrons. The Labute approximate surface area is 188 Å². The lowest BCUT2D eigenvalue weighted by Crippen LogP contribution is -2.23. The van der Waals surface area contributed by atoms with Crippen molar-refractivity contribution in [1.82, 2.24) is 19.4 Å². The maximum atomic E-state index is 9.27. The number of likely N-dealkylation sites (tertiary alicyclic amines) is 1. The number of benzene rings is 1. The topological polar surface area (TPSA) is 66.2 Å². The second-order valence-electron chi connectivity index (χ2n) is 8.36. The van der Waals surface area contributed by atoms with Gasteiger partial charge in [0.05, 0.1) is 11.7 Å². The van der Waals surface area contributed by atoms with E-state index in [0.29, 0.717) is 6.04 Å². The number of pyridine rings is 2. The Morgan fingerprint density at radius 3 is 2.75 bits per heavy atom. The van der Waals surface area contributed by atoms with Gasteiger partial charge in [0.15, 0.2) is 0 Å². The van der Waals surface area contributed by atoms with Crippen LogP contribution in [0.15, 0.2) is 73.1 Å². The number of aliphatic hydroxyl groups is 1. The van der Waals surface area contributed by atoms with Crippen LogP contribution in [0, 0.1) is 0 Å². The van der Waals surface area contributed by atoms with E-state index in [2.05, 4.69) is 62.4 Å². The van der Waals surface area contributed by atoms with Crippen LogP contribution in [0.1, 0.15) is 36.6 Å². The fourth-order valence-electron chi connectivity index (χ4n) is 4.72. The van der Waals surface area contributed by atoms with Gasteiger partial charge in [-0.3, -0.25) is 4.90 Å². The molecular formula is C26H29N5O. The first-order valence-electron chi connectivity index (χ1n) is 11.4. The molecule has 6 nitrogen and oxygen atoms in total. The summed E-state index contributed by atoms with van der Waals surface area (Å²) in [6.45, 7) is 3.02. The summed E-state index contributed by atoms with van der Waals surface area (Å²) in [6.07, 6.45) is 7.10. The van der Waals surface area contributed by atoms with Crippen molar-refractivity contribution >= 4 is 22.5 Å². The summed E-state index contributed by atoms with van der Waals surface area (Å²) in [5.74, 6) is 1.63. The number of nitrogens with zero attached hydrogens (tertiary/aromatic N) is 4. The molecule has 0 saturated carbocycles. The first kappa shape index (κ1) is 20.7. The molecule has 1 aromatic carbocycles. The van der Waals surface area contributed by atoms with Gasteiger partial charge in [-0.2, -0.15) is 0 Å². The smallest absolute Gasteiger partial charge is 0.131 e. The van der Waals surface area contributed by atoms with E-state index in [1.54, 1.807) is 6.20 Å². The Morgan fingerprint density at radius 2 is 1.88 bits per heavy atom. The van der Waals surface area contributed by atoms with Gasteiger partial charge < -0.3 is 15.0 Å². The van der Waals surface area contributed by atoms with Gasteiger partial charge in [0, 0.05) is 43.0 Å². The Morgan fingerprint density at radius 1 is 1.00 bits per heavy atom. The number of fused-ring (bicyclic) bond motifs is 1. The van der Waals surface area contributed by atoms with Gasteiger partial charge >= 0.3 is 0 Å². The zero-order chi connectivity index (χ0) is 21.8. The van der Waals surface area contributed by atoms with Crippen molar-refractivity contribution in [3.8, 4) is 0 Å². The highest BCUT2D eigenvalue weighted by Crippen LogP contribution is 2.34. The highest BCUT2D eigenvalue weighted by molar-refractivity contribution is 5.84. The fourth-order valence-corrected chi connectivity index (χ4v) is 4.72. The van der Waals surface area contributed by atoms with Crippen LogP contribution in [0.5, 0.6) is 0 Å². The molecule has 6 heteroatoms. The van der Waals surface area contributed by atoms with Crippen molar-refractivity contribution in [2.75, 3.05) is 18.5 Å². The Kier molecular flexibility index (Phi) is 6.14. The van der Waals surface area contributed by atoms with Crippen molar-refractivity contribution in [2.24, 2.45) is 0 Å². The van der Waals surface area contributed by atoms with E-state index in [1.807, 2.05) is 24.3 Å². The summed E-state index contributed by atoms with van der Waals surface area (Å²) in [4.78, 5) is 11.8. The van der Waals surface area contributed by atoms with Crippen molar-refractivity contribution < 1.29 is 5.11 Å². The summed E-state index contributed by atoms with van der Waals surface area (Å²) in [7, 11) is 0. The lowest BCUT2D eigenvalue weighted by Gasteiger charge is -2.24. The number of anilines is 2. The van der Waals surface area contributed by atoms with Crippen LogP contribution in [-0.2, 0) is 13.1 Å². The van der Waals surface area contributed by atoms with E-state index in [9.17, 15) is 5.11 Å².